The van der Waals surface area contributed by atoms with Gasteiger partial charge >= 0.3 is 5.97 Å². The summed E-state index contributed by atoms with van der Waals surface area (Å²) in [5.74, 6) is -0.131. The zero-order chi connectivity index (χ0) is 13.6. The van der Waals surface area contributed by atoms with E-state index in [1.807, 2.05) is 33.0 Å². The Labute approximate surface area is 109 Å². The largest absolute Gasteiger partial charge is 0.460 e. The van der Waals surface area contributed by atoms with Crippen LogP contribution in [-0.4, -0.2) is 16.6 Å². The first-order valence-corrected chi connectivity index (χ1v) is 6.28. The summed E-state index contributed by atoms with van der Waals surface area (Å²) in [4.78, 5) is 15.5. The molecule has 4 nitrogen and oxygen atoms in total. The van der Waals surface area contributed by atoms with Crippen molar-refractivity contribution < 1.29 is 9.53 Å². The maximum atomic E-state index is 11.5. The standard InChI is InChI=1S/C14H22N2O2/c1-14(2,3)18-13(17)7-5-4-6-11-8-12(15)10-16-9-11/h8-10H,4-7,15H2,1-3H3. The Kier molecular flexibility index (Phi) is 5.13. The number of anilines is 1. The van der Waals surface area contributed by atoms with E-state index in [2.05, 4.69) is 4.98 Å². The Bertz CT molecular complexity index is 397. The molecule has 1 aromatic heterocycles. The number of hydrogen-bond acceptors (Lipinski definition) is 4. The Balaban J connectivity index is 2.21. The molecule has 1 aromatic rings. The van der Waals surface area contributed by atoms with Crippen LogP contribution in [-0.2, 0) is 16.0 Å². The maximum absolute atomic E-state index is 11.5. The number of carbonyl (C=O) groups excluding carboxylic acids is 1. The second-order valence-electron chi connectivity index (χ2n) is 5.42. The van der Waals surface area contributed by atoms with E-state index in [4.69, 9.17) is 10.5 Å². The molecule has 4 heteroatoms. The Hall–Kier alpha value is -1.58. The first kappa shape index (κ1) is 14.5. The monoisotopic (exact) mass is 250 g/mol. The fourth-order valence-electron chi connectivity index (χ4n) is 1.64. The highest BCUT2D eigenvalue weighted by molar-refractivity contribution is 5.69. The second-order valence-corrected chi connectivity index (χ2v) is 5.42. The van der Waals surface area contributed by atoms with E-state index >= 15 is 0 Å². The van der Waals surface area contributed by atoms with Crippen LogP contribution < -0.4 is 5.73 Å². The van der Waals surface area contributed by atoms with Gasteiger partial charge in [0.1, 0.15) is 5.60 Å². The predicted molar refractivity (Wildman–Crippen MR) is 72.0 cm³/mol. The third kappa shape index (κ3) is 6.23. The van der Waals surface area contributed by atoms with Crippen molar-refractivity contribution in [3.8, 4) is 0 Å². The van der Waals surface area contributed by atoms with Crippen LogP contribution in [0.4, 0.5) is 5.69 Å². The number of rotatable bonds is 5. The van der Waals surface area contributed by atoms with Crippen LogP contribution in [0.5, 0.6) is 0 Å². The lowest BCUT2D eigenvalue weighted by Gasteiger charge is -2.19. The summed E-state index contributed by atoms with van der Waals surface area (Å²) >= 11 is 0. The highest BCUT2D eigenvalue weighted by Gasteiger charge is 2.15. The van der Waals surface area contributed by atoms with Gasteiger partial charge in [0, 0.05) is 18.8 Å². The smallest absolute Gasteiger partial charge is 0.306 e. The SMILES string of the molecule is CC(C)(C)OC(=O)CCCCc1cncc(N)c1. The third-order valence-corrected chi connectivity index (χ3v) is 2.33. The van der Waals surface area contributed by atoms with Gasteiger partial charge in [0.2, 0.25) is 0 Å². The van der Waals surface area contributed by atoms with E-state index in [-0.39, 0.29) is 5.97 Å². The number of nitrogens with zero attached hydrogens (tertiary/aromatic N) is 1. The van der Waals surface area contributed by atoms with Crippen LogP contribution in [0.25, 0.3) is 0 Å². The molecule has 18 heavy (non-hydrogen) atoms. The van der Waals surface area contributed by atoms with Gasteiger partial charge in [-0.25, -0.2) is 0 Å². The van der Waals surface area contributed by atoms with E-state index in [1.54, 1.807) is 6.20 Å². The lowest BCUT2D eigenvalue weighted by Crippen LogP contribution is -2.23. The van der Waals surface area contributed by atoms with E-state index in [0.717, 1.165) is 24.8 Å². The van der Waals surface area contributed by atoms with Crippen LogP contribution in [0.3, 0.4) is 0 Å². The van der Waals surface area contributed by atoms with Crippen molar-refractivity contribution in [2.45, 2.75) is 52.1 Å². The fourth-order valence-corrected chi connectivity index (χ4v) is 1.64. The van der Waals surface area contributed by atoms with Gasteiger partial charge in [-0.05, 0) is 51.7 Å². The van der Waals surface area contributed by atoms with Gasteiger partial charge in [-0.3, -0.25) is 9.78 Å². The number of aryl methyl sites for hydroxylation is 1. The minimum absolute atomic E-state index is 0.131. The van der Waals surface area contributed by atoms with Crippen molar-refractivity contribution >= 4 is 11.7 Å². The average molecular weight is 250 g/mol. The molecule has 0 aromatic carbocycles. The molecule has 100 valence electrons. The maximum Gasteiger partial charge on any atom is 0.306 e. The average Bonchev–Trinajstić information content (AvgIpc) is 2.22. The summed E-state index contributed by atoms with van der Waals surface area (Å²) in [7, 11) is 0. The van der Waals surface area contributed by atoms with E-state index in [9.17, 15) is 4.79 Å². The van der Waals surface area contributed by atoms with Gasteiger partial charge in [0.15, 0.2) is 0 Å². The van der Waals surface area contributed by atoms with Gasteiger partial charge in [-0.2, -0.15) is 0 Å². The number of ether oxygens (including phenoxy) is 1. The quantitative estimate of drug-likeness (QED) is 0.644. The zero-order valence-corrected chi connectivity index (χ0v) is 11.4. The summed E-state index contributed by atoms with van der Waals surface area (Å²) in [5.41, 5.74) is 7.04. The lowest BCUT2D eigenvalue weighted by atomic mass is 10.1. The van der Waals surface area contributed by atoms with Crippen molar-refractivity contribution in [2.75, 3.05) is 5.73 Å². The summed E-state index contributed by atoms with van der Waals surface area (Å²) in [6.07, 6.45) is 6.55. The summed E-state index contributed by atoms with van der Waals surface area (Å²) in [6.45, 7) is 5.63. The molecule has 0 aliphatic rings. The Morgan fingerprint density at radius 1 is 1.33 bits per heavy atom. The third-order valence-electron chi connectivity index (χ3n) is 2.33. The molecule has 0 aliphatic carbocycles. The van der Waals surface area contributed by atoms with Crippen LogP contribution in [0, 0.1) is 0 Å². The minimum Gasteiger partial charge on any atom is -0.460 e. The summed E-state index contributed by atoms with van der Waals surface area (Å²) in [6, 6.07) is 1.92. The summed E-state index contributed by atoms with van der Waals surface area (Å²) < 4.78 is 5.24. The number of aromatic nitrogens is 1. The van der Waals surface area contributed by atoms with Crippen LogP contribution in [0.15, 0.2) is 18.5 Å². The normalized spacial score (nSPS) is 11.3. The number of esters is 1. The van der Waals surface area contributed by atoms with E-state index in [0.29, 0.717) is 12.1 Å². The molecule has 0 unspecified atom stereocenters. The van der Waals surface area contributed by atoms with E-state index in [1.165, 1.54) is 0 Å². The molecule has 0 aliphatic heterocycles. The number of nitrogens with two attached hydrogens (primary N) is 1. The number of nitrogen functional groups attached to an aromatic ring is 1. The van der Waals surface area contributed by atoms with Crippen molar-refractivity contribution in [3.05, 3.63) is 24.0 Å². The van der Waals surface area contributed by atoms with Crippen LogP contribution in [0.1, 0.15) is 45.6 Å². The van der Waals surface area contributed by atoms with Crippen molar-refractivity contribution in [1.29, 1.82) is 0 Å². The number of pyridine rings is 1. The molecule has 0 fully saturated rings. The topological polar surface area (TPSA) is 65.2 Å². The predicted octanol–water partition coefficient (Wildman–Crippen LogP) is 2.72. The van der Waals surface area contributed by atoms with Gasteiger partial charge in [0.25, 0.3) is 0 Å². The zero-order valence-electron chi connectivity index (χ0n) is 11.4. The highest BCUT2D eigenvalue weighted by atomic mass is 16.6. The molecule has 2 N–H and O–H groups in total. The lowest BCUT2D eigenvalue weighted by molar-refractivity contribution is -0.154. The molecular weight excluding hydrogens is 228 g/mol. The molecule has 0 spiro atoms. The van der Waals surface area contributed by atoms with Crippen LogP contribution >= 0.6 is 0 Å². The molecule has 1 heterocycles. The van der Waals surface area contributed by atoms with Gasteiger partial charge in [-0.1, -0.05) is 0 Å². The second kappa shape index (κ2) is 6.38. The first-order valence-electron chi connectivity index (χ1n) is 6.28. The number of carbonyl (C=O) groups is 1. The van der Waals surface area contributed by atoms with Crippen LogP contribution in [0.2, 0.25) is 0 Å². The molecule has 0 amide bonds. The first-order chi connectivity index (χ1) is 8.37. The highest BCUT2D eigenvalue weighted by Crippen LogP contribution is 2.12. The molecule has 0 saturated carbocycles. The number of hydrogen-bond donors (Lipinski definition) is 1. The van der Waals surface area contributed by atoms with Crippen molar-refractivity contribution in [3.63, 3.8) is 0 Å². The molecule has 0 atom stereocenters. The Morgan fingerprint density at radius 3 is 2.67 bits per heavy atom. The minimum atomic E-state index is -0.394. The van der Waals surface area contributed by atoms with E-state index < -0.39 is 5.60 Å². The molecule has 0 radical (unpaired) electrons. The van der Waals surface area contributed by atoms with Gasteiger partial charge < -0.3 is 10.5 Å². The van der Waals surface area contributed by atoms with Gasteiger partial charge in [0.05, 0.1) is 5.69 Å². The Morgan fingerprint density at radius 2 is 2.06 bits per heavy atom. The molecule has 0 saturated heterocycles. The molecular formula is C14H22N2O2. The fraction of sp³-hybridized carbons (Fsp3) is 0.571. The number of unbranched alkanes of at least 4 members (excludes halogenated alkanes) is 1. The molecule has 1 rings (SSSR count). The van der Waals surface area contributed by atoms with Crippen molar-refractivity contribution in [2.24, 2.45) is 0 Å². The van der Waals surface area contributed by atoms with Gasteiger partial charge in [-0.15, -0.1) is 0 Å². The van der Waals surface area contributed by atoms with Crippen molar-refractivity contribution in [1.82, 2.24) is 4.98 Å². The molecule has 0 bridgehead atoms. The summed E-state index contributed by atoms with van der Waals surface area (Å²) in [5, 5.41) is 0.